The monoisotopic (exact) mass is 556 g/mol. The molecule has 0 amide bonds. The average molecular weight is 557 g/mol. The molecular weight excluding hydrogens is 522 g/mol. The van der Waals surface area contributed by atoms with Gasteiger partial charge in [-0.2, -0.15) is 0 Å². The Bertz CT molecular complexity index is 1300. The number of halogens is 2. The second kappa shape index (κ2) is 12.8. The van der Waals surface area contributed by atoms with Gasteiger partial charge in [-0.15, -0.1) is 0 Å². The van der Waals surface area contributed by atoms with Crippen LogP contribution in [0, 0.1) is 18.8 Å². The van der Waals surface area contributed by atoms with E-state index in [0.717, 1.165) is 11.1 Å². The highest BCUT2D eigenvalue weighted by Crippen LogP contribution is 2.41. The van der Waals surface area contributed by atoms with Gasteiger partial charge in [0.2, 0.25) is 0 Å². The van der Waals surface area contributed by atoms with Gasteiger partial charge in [0, 0.05) is 23.5 Å². The van der Waals surface area contributed by atoms with E-state index in [9.17, 15) is 23.8 Å². The summed E-state index contributed by atoms with van der Waals surface area (Å²) in [6.45, 7) is 2.91. The molecular formula is C29H34F2N4O5. The second-order valence-electron chi connectivity index (χ2n) is 10.4. The molecule has 1 aliphatic carbocycles. The number of rotatable bonds is 10. The Balaban J connectivity index is 1.42. The maximum Gasteiger partial charge on any atom is 0.309 e. The molecule has 0 saturated heterocycles. The summed E-state index contributed by atoms with van der Waals surface area (Å²) >= 11 is 0. The van der Waals surface area contributed by atoms with Gasteiger partial charge in [0.05, 0.1) is 23.9 Å². The van der Waals surface area contributed by atoms with Crippen molar-refractivity contribution < 1.29 is 33.6 Å². The van der Waals surface area contributed by atoms with E-state index >= 15 is 0 Å². The van der Waals surface area contributed by atoms with Crippen LogP contribution in [-0.2, 0) is 15.1 Å². The molecule has 2 atom stereocenters. The first-order valence-corrected chi connectivity index (χ1v) is 13.2. The summed E-state index contributed by atoms with van der Waals surface area (Å²) in [5.41, 5.74) is 1.40. The van der Waals surface area contributed by atoms with Crippen molar-refractivity contribution in [3.05, 3.63) is 65.6 Å². The number of ether oxygens (including phenoxy) is 1. The number of nitrogens with one attached hydrogen (secondary N) is 1. The topological polar surface area (TPSA) is 138 Å². The minimum absolute atomic E-state index is 0.109. The van der Waals surface area contributed by atoms with E-state index in [-0.39, 0.29) is 29.8 Å². The summed E-state index contributed by atoms with van der Waals surface area (Å²) in [5.74, 6) is -0.104. The zero-order valence-corrected chi connectivity index (χ0v) is 22.4. The fourth-order valence-corrected chi connectivity index (χ4v) is 4.96. The molecule has 4 N–H and O–H groups in total. The van der Waals surface area contributed by atoms with Crippen molar-refractivity contribution in [3.8, 4) is 11.3 Å². The van der Waals surface area contributed by atoms with E-state index < -0.39 is 30.7 Å². The molecule has 0 aromatic carbocycles. The van der Waals surface area contributed by atoms with E-state index in [1.54, 1.807) is 25.3 Å². The van der Waals surface area contributed by atoms with Gasteiger partial charge in [0.1, 0.15) is 29.9 Å². The number of aromatic nitrogens is 3. The van der Waals surface area contributed by atoms with Crippen molar-refractivity contribution in [2.45, 2.75) is 57.7 Å². The molecule has 3 heterocycles. The molecule has 0 spiro atoms. The molecule has 3 aromatic heterocycles. The zero-order valence-electron chi connectivity index (χ0n) is 22.4. The molecule has 40 heavy (non-hydrogen) atoms. The lowest BCUT2D eigenvalue weighted by molar-refractivity contribution is -0.154. The lowest BCUT2D eigenvalue weighted by atomic mass is 9.73. The van der Waals surface area contributed by atoms with Crippen LogP contribution in [0.5, 0.6) is 0 Å². The first-order valence-electron chi connectivity index (χ1n) is 13.2. The number of alkyl halides is 2. The van der Waals surface area contributed by atoms with Gasteiger partial charge in [-0.3, -0.25) is 9.78 Å². The Kier molecular flexibility index (Phi) is 9.39. The Labute approximate surface area is 231 Å². The maximum atomic E-state index is 13.1. The quantitative estimate of drug-likeness (QED) is 0.267. The summed E-state index contributed by atoms with van der Waals surface area (Å²) in [6, 6.07) is 9.80. The van der Waals surface area contributed by atoms with Crippen LogP contribution in [0.4, 0.5) is 20.4 Å². The average Bonchev–Trinajstić information content (AvgIpc) is 2.95. The third kappa shape index (κ3) is 7.15. The van der Waals surface area contributed by atoms with Crippen LogP contribution in [0.3, 0.4) is 0 Å². The first-order chi connectivity index (χ1) is 19.1. The summed E-state index contributed by atoms with van der Waals surface area (Å²) in [5, 5.41) is 32.6. The Morgan fingerprint density at radius 2 is 1.88 bits per heavy atom. The van der Waals surface area contributed by atoms with Crippen molar-refractivity contribution in [2.24, 2.45) is 11.8 Å². The predicted octanol–water partition coefficient (Wildman–Crippen LogP) is 4.44. The standard InChI is InChI=1S/C29H34F2N4O5/c1-17-11-23(34-26(12-17)35-25-13-19(27(30)31)9-10-32-25)20-5-8-24(33-14-20)29(2,39)21-6-3-18(4-7-21)28(38)40-16-22(37)15-36/h5,8-14,18,21-22,27,36-37,39H,3-4,6-7,15-16H2,1-2H3,(H,32,34,35)/t18?,21?,22-,29-/m1/s1. The van der Waals surface area contributed by atoms with Crippen LogP contribution in [0.25, 0.3) is 11.3 Å². The summed E-state index contributed by atoms with van der Waals surface area (Å²) in [4.78, 5) is 25.5. The van der Waals surface area contributed by atoms with Gasteiger partial charge in [-0.05, 0) is 87.4 Å². The second-order valence-corrected chi connectivity index (χ2v) is 10.4. The minimum Gasteiger partial charge on any atom is -0.463 e. The third-order valence-corrected chi connectivity index (χ3v) is 7.32. The van der Waals surface area contributed by atoms with Crippen LogP contribution in [-0.4, -0.2) is 55.6 Å². The van der Waals surface area contributed by atoms with Gasteiger partial charge >= 0.3 is 5.97 Å². The summed E-state index contributed by atoms with van der Waals surface area (Å²) in [7, 11) is 0. The van der Waals surface area contributed by atoms with Crippen molar-refractivity contribution in [3.63, 3.8) is 0 Å². The van der Waals surface area contributed by atoms with E-state index in [4.69, 9.17) is 9.84 Å². The third-order valence-electron chi connectivity index (χ3n) is 7.32. The number of esters is 1. The van der Waals surface area contributed by atoms with Crippen LogP contribution >= 0.6 is 0 Å². The normalized spacial score (nSPS) is 19.6. The number of aliphatic hydroxyl groups excluding tert-OH is 2. The highest BCUT2D eigenvalue weighted by atomic mass is 19.3. The van der Waals surface area contributed by atoms with Crippen LogP contribution in [0.15, 0.2) is 48.8 Å². The molecule has 0 bridgehead atoms. The molecule has 9 nitrogen and oxygen atoms in total. The number of carbonyl (C=O) groups is 1. The van der Waals surface area contributed by atoms with Crippen LogP contribution in [0.2, 0.25) is 0 Å². The molecule has 214 valence electrons. The summed E-state index contributed by atoms with van der Waals surface area (Å²) < 4.78 is 31.2. The SMILES string of the molecule is Cc1cc(Nc2cc(C(F)F)ccn2)nc(-c2ccc([C@](C)(O)C3CCC(C(=O)OC[C@H](O)CO)CC3)nc2)c1. The van der Waals surface area contributed by atoms with E-state index in [1.807, 2.05) is 19.1 Å². The number of aliphatic hydroxyl groups is 3. The van der Waals surface area contributed by atoms with Gasteiger partial charge in [-0.25, -0.2) is 18.7 Å². The van der Waals surface area contributed by atoms with E-state index in [2.05, 4.69) is 20.3 Å². The number of aryl methyl sites for hydroxylation is 1. The zero-order chi connectivity index (χ0) is 28.9. The first kappa shape index (κ1) is 29.4. The van der Waals surface area contributed by atoms with Crippen molar-refractivity contribution in [1.29, 1.82) is 0 Å². The number of anilines is 2. The van der Waals surface area contributed by atoms with Crippen molar-refractivity contribution >= 4 is 17.6 Å². The number of hydrogen-bond donors (Lipinski definition) is 4. The van der Waals surface area contributed by atoms with E-state index in [0.29, 0.717) is 42.9 Å². The molecule has 11 heteroatoms. The molecule has 3 aromatic rings. The Hall–Kier alpha value is -3.54. The van der Waals surface area contributed by atoms with Crippen molar-refractivity contribution in [1.82, 2.24) is 15.0 Å². The van der Waals surface area contributed by atoms with Gasteiger partial charge in [-0.1, -0.05) is 0 Å². The van der Waals surface area contributed by atoms with Gasteiger partial charge < -0.3 is 25.4 Å². The lowest BCUT2D eigenvalue weighted by Gasteiger charge is -2.37. The highest BCUT2D eigenvalue weighted by molar-refractivity contribution is 5.72. The van der Waals surface area contributed by atoms with Crippen LogP contribution in [0.1, 0.15) is 55.9 Å². The molecule has 1 aliphatic rings. The maximum absolute atomic E-state index is 13.1. The lowest BCUT2D eigenvalue weighted by Crippen LogP contribution is -2.37. The number of nitrogens with zero attached hydrogens (tertiary/aromatic N) is 3. The Morgan fingerprint density at radius 3 is 2.52 bits per heavy atom. The predicted molar refractivity (Wildman–Crippen MR) is 144 cm³/mol. The van der Waals surface area contributed by atoms with Crippen molar-refractivity contribution in [2.75, 3.05) is 18.5 Å². The fourth-order valence-electron chi connectivity index (χ4n) is 4.96. The highest BCUT2D eigenvalue weighted by Gasteiger charge is 2.39. The minimum atomic E-state index is -2.60. The summed E-state index contributed by atoms with van der Waals surface area (Å²) in [6.07, 6.45) is 1.57. The largest absolute Gasteiger partial charge is 0.463 e. The molecule has 0 radical (unpaired) electrons. The van der Waals surface area contributed by atoms with Crippen LogP contribution < -0.4 is 5.32 Å². The van der Waals surface area contributed by atoms with E-state index in [1.165, 1.54) is 18.3 Å². The molecule has 1 saturated carbocycles. The number of hydrogen-bond acceptors (Lipinski definition) is 9. The van der Waals surface area contributed by atoms with Gasteiger partial charge in [0.15, 0.2) is 0 Å². The number of carbonyl (C=O) groups excluding carboxylic acids is 1. The smallest absolute Gasteiger partial charge is 0.309 e. The molecule has 4 rings (SSSR count). The molecule has 0 unspecified atom stereocenters. The van der Waals surface area contributed by atoms with Gasteiger partial charge in [0.25, 0.3) is 6.43 Å². The Morgan fingerprint density at radius 1 is 1.12 bits per heavy atom. The number of pyridine rings is 3. The molecule has 0 aliphatic heterocycles. The fraction of sp³-hybridized carbons (Fsp3) is 0.448. The molecule has 1 fully saturated rings.